The Morgan fingerprint density at radius 1 is 1.28 bits per heavy atom. The molecule has 1 fully saturated rings. The number of hydrogen-bond donors (Lipinski definition) is 0. The van der Waals surface area contributed by atoms with Gasteiger partial charge in [-0.3, -0.25) is 0 Å². The summed E-state index contributed by atoms with van der Waals surface area (Å²) < 4.78 is 12.2. The van der Waals surface area contributed by atoms with Crippen LogP contribution in [0.4, 0.5) is 0 Å². The average molecular weight is 365 g/mol. The van der Waals surface area contributed by atoms with Crippen LogP contribution >= 0.6 is 0 Å². The maximum Gasteiger partial charge on any atom is 0.192 e. The summed E-state index contributed by atoms with van der Waals surface area (Å²) in [4.78, 5) is 0. The third kappa shape index (κ3) is 6.88. The van der Waals surface area contributed by atoms with Crippen LogP contribution in [-0.2, 0) is 9.16 Å². The third-order valence-corrected chi connectivity index (χ3v) is 10.2. The number of ether oxygens (including phenoxy) is 1. The summed E-state index contributed by atoms with van der Waals surface area (Å²) in [6, 6.07) is 0. The molecule has 1 heterocycles. The molecule has 3 atom stereocenters. The summed E-state index contributed by atoms with van der Waals surface area (Å²) >= 11 is 0. The van der Waals surface area contributed by atoms with Gasteiger partial charge in [-0.05, 0) is 57.8 Å². The van der Waals surface area contributed by atoms with E-state index >= 15 is 0 Å². The summed E-state index contributed by atoms with van der Waals surface area (Å²) in [7, 11) is -1.81. The van der Waals surface area contributed by atoms with Gasteiger partial charge in [-0.25, -0.2) is 0 Å². The van der Waals surface area contributed by atoms with Crippen LogP contribution in [0.1, 0.15) is 61.8 Å². The fraction of sp³-hybridized carbons (Fsp3) is 0.727. The molecule has 0 aliphatic carbocycles. The second-order valence-corrected chi connectivity index (χ2v) is 14.2. The molecule has 3 heteroatoms. The van der Waals surface area contributed by atoms with E-state index in [4.69, 9.17) is 9.16 Å². The van der Waals surface area contributed by atoms with E-state index in [1.807, 2.05) is 0 Å². The highest BCUT2D eigenvalue weighted by molar-refractivity contribution is 6.74. The Balaban J connectivity index is 2.85. The zero-order valence-corrected chi connectivity index (χ0v) is 19.2. The van der Waals surface area contributed by atoms with Crippen molar-refractivity contribution in [1.82, 2.24) is 0 Å². The van der Waals surface area contributed by atoms with Gasteiger partial charge in [0.15, 0.2) is 8.32 Å². The molecule has 0 aromatic rings. The predicted octanol–water partition coefficient (Wildman–Crippen LogP) is 6.66. The molecule has 0 spiro atoms. The summed E-state index contributed by atoms with van der Waals surface area (Å²) in [5, 5.41) is 0.220. The van der Waals surface area contributed by atoms with E-state index in [-0.39, 0.29) is 16.7 Å². The molecule has 1 saturated heterocycles. The summed E-state index contributed by atoms with van der Waals surface area (Å²) in [5.41, 5.74) is 2.71. The van der Waals surface area contributed by atoms with Gasteiger partial charge in [0.2, 0.25) is 0 Å². The van der Waals surface area contributed by atoms with Crippen molar-refractivity contribution in [2.75, 3.05) is 6.61 Å². The van der Waals surface area contributed by atoms with Gasteiger partial charge < -0.3 is 9.16 Å². The third-order valence-electron chi connectivity index (χ3n) is 5.70. The van der Waals surface area contributed by atoms with Crippen LogP contribution in [0.5, 0.6) is 0 Å². The zero-order chi connectivity index (χ0) is 19.5. The van der Waals surface area contributed by atoms with Crippen LogP contribution in [0, 0.1) is 5.92 Å². The minimum atomic E-state index is -1.81. The Hall–Kier alpha value is -0.643. The summed E-state index contributed by atoms with van der Waals surface area (Å²) in [6.45, 7) is 23.4. The monoisotopic (exact) mass is 364 g/mol. The molecule has 0 amide bonds. The van der Waals surface area contributed by atoms with E-state index in [0.717, 1.165) is 13.0 Å². The minimum absolute atomic E-state index is 0.0952. The molecule has 2 nitrogen and oxygen atoms in total. The normalized spacial score (nSPS) is 25.4. The Labute approximate surface area is 157 Å². The van der Waals surface area contributed by atoms with Gasteiger partial charge in [-0.1, -0.05) is 57.6 Å². The SMILES string of the molecule is C/C=C(\C)[C@H](O[Si](C)(C)C(C)(C)C)[C@H](C)/C=C(C)/C=C/CC1(C)CO1. The molecule has 1 unspecified atom stereocenters. The second kappa shape index (κ2) is 8.37. The number of rotatable bonds is 8. The van der Waals surface area contributed by atoms with Crippen molar-refractivity contribution in [3.05, 3.63) is 35.5 Å². The first-order valence-corrected chi connectivity index (χ1v) is 12.5. The first-order chi connectivity index (χ1) is 11.3. The summed E-state index contributed by atoms with van der Waals surface area (Å²) in [6.07, 6.45) is 10.1. The van der Waals surface area contributed by atoms with Crippen LogP contribution in [0.2, 0.25) is 18.1 Å². The first-order valence-electron chi connectivity index (χ1n) is 9.61. The predicted molar refractivity (Wildman–Crippen MR) is 113 cm³/mol. The van der Waals surface area contributed by atoms with Gasteiger partial charge in [0.1, 0.15) is 0 Å². The Morgan fingerprint density at radius 2 is 1.84 bits per heavy atom. The van der Waals surface area contributed by atoms with Crippen molar-refractivity contribution in [3.63, 3.8) is 0 Å². The van der Waals surface area contributed by atoms with Crippen LogP contribution < -0.4 is 0 Å². The molecular weight excluding hydrogens is 324 g/mol. The van der Waals surface area contributed by atoms with E-state index in [9.17, 15) is 0 Å². The molecule has 25 heavy (non-hydrogen) atoms. The molecular formula is C22H40O2Si. The lowest BCUT2D eigenvalue weighted by Gasteiger charge is -2.41. The van der Waals surface area contributed by atoms with Crippen molar-refractivity contribution in [2.24, 2.45) is 5.92 Å². The average Bonchev–Trinajstić information content (AvgIpc) is 3.20. The van der Waals surface area contributed by atoms with Gasteiger partial charge >= 0.3 is 0 Å². The zero-order valence-electron chi connectivity index (χ0n) is 18.2. The minimum Gasteiger partial charge on any atom is -0.410 e. The van der Waals surface area contributed by atoms with E-state index in [1.54, 1.807) is 0 Å². The largest absolute Gasteiger partial charge is 0.410 e. The molecule has 0 bridgehead atoms. The molecule has 1 aliphatic rings. The standard InChI is InChI=1S/C22H40O2Si/c1-11-18(3)20(24-25(9,10)21(5,6)7)19(4)15-17(2)13-12-14-22(8)16-23-22/h11-13,15,19-20H,14,16H2,1-10H3/b13-12+,17-15+,18-11+/t19-,20+,22?/m1/s1. The maximum absolute atomic E-state index is 6.77. The van der Waals surface area contributed by atoms with Crippen LogP contribution in [0.3, 0.4) is 0 Å². The molecule has 144 valence electrons. The lowest BCUT2D eigenvalue weighted by Crippen LogP contribution is -2.45. The van der Waals surface area contributed by atoms with E-state index < -0.39 is 8.32 Å². The Kier molecular flexibility index (Phi) is 7.49. The molecule has 0 saturated carbocycles. The molecule has 1 aliphatic heterocycles. The fourth-order valence-corrected chi connectivity index (χ4v) is 3.96. The van der Waals surface area contributed by atoms with E-state index in [2.05, 4.69) is 92.8 Å². The smallest absolute Gasteiger partial charge is 0.192 e. The van der Waals surface area contributed by atoms with Gasteiger partial charge in [-0.15, -0.1) is 0 Å². The number of epoxide rings is 1. The Morgan fingerprint density at radius 3 is 2.28 bits per heavy atom. The molecule has 0 radical (unpaired) electrons. The van der Waals surface area contributed by atoms with Crippen LogP contribution in [-0.4, -0.2) is 26.6 Å². The first kappa shape index (κ1) is 22.4. The van der Waals surface area contributed by atoms with Crippen molar-refractivity contribution < 1.29 is 9.16 Å². The van der Waals surface area contributed by atoms with Crippen molar-refractivity contribution in [3.8, 4) is 0 Å². The van der Waals surface area contributed by atoms with Gasteiger partial charge in [-0.2, -0.15) is 0 Å². The topological polar surface area (TPSA) is 21.8 Å². The molecule has 1 rings (SSSR count). The lowest BCUT2D eigenvalue weighted by molar-refractivity contribution is 0.178. The van der Waals surface area contributed by atoms with Crippen LogP contribution in [0.25, 0.3) is 0 Å². The van der Waals surface area contributed by atoms with E-state index in [0.29, 0.717) is 5.92 Å². The van der Waals surface area contributed by atoms with Gasteiger partial charge in [0, 0.05) is 5.92 Å². The highest BCUT2D eigenvalue weighted by Crippen LogP contribution is 2.39. The van der Waals surface area contributed by atoms with E-state index in [1.165, 1.54) is 11.1 Å². The van der Waals surface area contributed by atoms with Crippen molar-refractivity contribution >= 4 is 8.32 Å². The highest BCUT2D eigenvalue weighted by Gasteiger charge is 2.40. The van der Waals surface area contributed by atoms with Gasteiger partial charge in [0.05, 0.1) is 18.3 Å². The fourth-order valence-electron chi connectivity index (χ4n) is 2.57. The number of hydrogen-bond acceptors (Lipinski definition) is 2. The van der Waals surface area contributed by atoms with Gasteiger partial charge in [0.25, 0.3) is 0 Å². The highest BCUT2D eigenvalue weighted by atomic mass is 28.4. The molecule has 0 aromatic carbocycles. The quantitative estimate of drug-likeness (QED) is 0.208. The molecule has 0 N–H and O–H groups in total. The Bertz CT molecular complexity index is 531. The second-order valence-electron chi connectivity index (χ2n) is 9.45. The van der Waals surface area contributed by atoms with Crippen LogP contribution in [0.15, 0.2) is 35.5 Å². The summed E-state index contributed by atoms with van der Waals surface area (Å²) in [5.74, 6) is 0.350. The lowest BCUT2D eigenvalue weighted by atomic mass is 9.96. The van der Waals surface area contributed by atoms with Crippen molar-refractivity contribution in [1.29, 1.82) is 0 Å². The van der Waals surface area contributed by atoms with Crippen molar-refractivity contribution in [2.45, 2.75) is 91.6 Å². The maximum atomic E-state index is 6.77. The number of allylic oxidation sites excluding steroid dienone is 3. The molecule has 0 aromatic heterocycles.